The molecular weight excluding hydrogens is 270 g/mol. The van der Waals surface area contributed by atoms with Crippen LogP contribution in [-0.4, -0.2) is 36.1 Å². The quantitative estimate of drug-likeness (QED) is 0.624. The van der Waals surface area contributed by atoms with Gasteiger partial charge in [-0.15, -0.1) is 12.6 Å². The van der Waals surface area contributed by atoms with Gasteiger partial charge in [-0.2, -0.15) is 0 Å². The Labute approximate surface area is 118 Å². The smallest absolute Gasteiger partial charge is 0.255 e. The molecule has 0 fully saturated rings. The molecule has 0 aliphatic heterocycles. The molecule has 0 saturated heterocycles. The maximum atomic E-state index is 12.1. The molecule has 0 saturated carbocycles. The molecule has 0 aromatic heterocycles. The highest BCUT2D eigenvalue weighted by atomic mass is 35.5. The largest absolute Gasteiger partial charge is 0.396 e. The summed E-state index contributed by atoms with van der Waals surface area (Å²) in [6, 6.07) is 5.11. The normalized spacial score (nSPS) is 10.4. The zero-order valence-corrected chi connectivity index (χ0v) is 12.0. The fraction of sp³-hybridized carbons (Fsp3) is 0.462. The van der Waals surface area contributed by atoms with Crippen LogP contribution < -0.4 is 0 Å². The minimum absolute atomic E-state index is 0.0973. The lowest BCUT2D eigenvalue weighted by Crippen LogP contribution is -2.28. The van der Waals surface area contributed by atoms with E-state index < -0.39 is 0 Å². The highest BCUT2D eigenvalue weighted by Crippen LogP contribution is 2.21. The van der Waals surface area contributed by atoms with Crippen molar-refractivity contribution in [3.05, 3.63) is 28.8 Å². The van der Waals surface area contributed by atoms with E-state index >= 15 is 0 Å². The molecule has 0 bridgehead atoms. The van der Waals surface area contributed by atoms with E-state index in [0.29, 0.717) is 17.1 Å². The lowest BCUT2D eigenvalue weighted by atomic mass is 10.2. The third-order valence-electron chi connectivity index (χ3n) is 2.68. The van der Waals surface area contributed by atoms with Gasteiger partial charge in [0.15, 0.2) is 0 Å². The van der Waals surface area contributed by atoms with Crippen molar-refractivity contribution >= 4 is 30.1 Å². The van der Waals surface area contributed by atoms with E-state index in [4.69, 9.17) is 16.7 Å². The van der Waals surface area contributed by atoms with Crippen molar-refractivity contribution in [2.75, 3.05) is 20.2 Å². The number of carbonyl (C=O) groups excluding carboxylic acids is 1. The van der Waals surface area contributed by atoms with Crippen LogP contribution in [-0.2, 0) is 0 Å². The van der Waals surface area contributed by atoms with Gasteiger partial charge >= 0.3 is 0 Å². The third kappa shape index (κ3) is 4.52. The lowest BCUT2D eigenvalue weighted by Gasteiger charge is -2.18. The van der Waals surface area contributed by atoms with Gasteiger partial charge in [-0.05, 0) is 37.5 Å². The van der Waals surface area contributed by atoms with Crippen LogP contribution in [0.25, 0.3) is 0 Å². The van der Waals surface area contributed by atoms with E-state index in [1.165, 1.54) is 0 Å². The number of hydrogen-bond donors (Lipinski definition) is 2. The standard InChI is InChI=1S/C13H18ClNO2S/c1-15(7-3-2-4-8-16)13(17)11-9-10(18)5-6-12(11)14/h5-6,9,16,18H,2-4,7-8H2,1H3. The number of benzene rings is 1. The summed E-state index contributed by atoms with van der Waals surface area (Å²) < 4.78 is 0. The third-order valence-corrected chi connectivity index (χ3v) is 3.29. The van der Waals surface area contributed by atoms with Gasteiger partial charge in [0.05, 0.1) is 10.6 Å². The molecule has 100 valence electrons. The van der Waals surface area contributed by atoms with Crippen LogP contribution in [0.1, 0.15) is 29.6 Å². The summed E-state index contributed by atoms with van der Waals surface area (Å²) in [4.78, 5) is 14.5. The van der Waals surface area contributed by atoms with E-state index in [1.807, 2.05) is 0 Å². The average Bonchev–Trinajstić information content (AvgIpc) is 2.36. The first-order chi connectivity index (χ1) is 8.56. The highest BCUT2D eigenvalue weighted by Gasteiger charge is 2.14. The van der Waals surface area contributed by atoms with Gasteiger partial charge in [-0.3, -0.25) is 4.79 Å². The average molecular weight is 288 g/mol. The Bertz CT molecular complexity index is 412. The van der Waals surface area contributed by atoms with E-state index in [-0.39, 0.29) is 12.5 Å². The van der Waals surface area contributed by atoms with E-state index in [1.54, 1.807) is 30.1 Å². The minimum Gasteiger partial charge on any atom is -0.396 e. The first-order valence-corrected chi connectivity index (χ1v) is 6.73. The molecule has 1 aromatic carbocycles. The first kappa shape index (κ1) is 15.3. The maximum Gasteiger partial charge on any atom is 0.255 e. The van der Waals surface area contributed by atoms with Gasteiger partial charge in [0.25, 0.3) is 5.91 Å². The fourth-order valence-electron chi connectivity index (χ4n) is 1.62. The Kier molecular flexibility index (Phi) is 6.54. The van der Waals surface area contributed by atoms with Crippen LogP contribution in [0, 0.1) is 0 Å². The van der Waals surface area contributed by atoms with Gasteiger partial charge in [0, 0.05) is 25.1 Å². The second kappa shape index (κ2) is 7.67. The maximum absolute atomic E-state index is 12.1. The summed E-state index contributed by atoms with van der Waals surface area (Å²) in [6.07, 6.45) is 2.56. The molecule has 1 N–H and O–H groups in total. The summed E-state index contributed by atoms with van der Waals surface area (Å²) in [5.41, 5.74) is 0.480. The monoisotopic (exact) mass is 287 g/mol. The second-order valence-corrected chi connectivity index (χ2v) is 5.10. The Hall–Kier alpha value is -0.710. The molecular formula is C13H18ClNO2S. The van der Waals surface area contributed by atoms with Crippen molar-refractivity contribution in [3.8, 4) is 0 Å². The Balaban J connectivity index is 2.60. The Morgan fingerprint density at radius 3 is 2.78 bits per heavy atom. The molecule has 0 spiro atoms. The number of amides is 1. The number of aliphatic hydroxyl groups excluding tert-OH is 1. The number of hydrogen-bond acceptors (Lipinski definition) is 3. The summed E-state index contributed by atoms with van der Waals surface area (Å²) in [7, 11) is 1.75. The molecule has 0 radical (unpaired) electrons. The van der Waals surface area contributed by atoms with Crippen LogP contribution >= 0.6 is 24.2 Å². The summed E-state index contributed by atoms with van der Waals surface area (Å²) in [5, 5.41) is 9.12. The number of halogens is 1. The minimum atomic E-state index is -0.0973. The number of unbranched alkanes of at least 4 members (excludes halogenated alkanes) is 2. The molecule has 5 heteroatoms. The number of rotatable bonds is 6. The number of carbonyl (C=O) groups is 1. The van der Waals surface area contributed by atoms with Crippen molar-refractivity contribution in [2.45, 2.75) is 24.2 Å². The van der Waals surface area contributed by atoms with E-state index in [9.17, 15) is 4.79 Å². The van der Waals surface area contributed by atoms with Crippen LogP contribution in [0.4, 0.5) is 0 Å². The molecule has 1 amide bonds. The Morgan fingerprint density at radius 1 is 1.39 bits per heavy atom. The zero-order valence-electron chi connectivity index (χ0n) is 10.4. The summed E-state index contributed by atoms with van der Waals surface area (Å²) in [5.74, 6) is -0.0973. The molecule has 0 unspecified atom stereocenters. The van der Waals surface area contributed by atoms with Crippen molar-refractivity contribution in [2.24, 2.45) is 0 Å². The summed E-state index contributed by atoms with van der Waals surface area (Å²) >= 11 is 10.2. The number of aliphatic hydroxyl groups is 1. The van der Waals surface area contributed by atoms with Crippen molar-refractivity contribution in [1.29, 1.82) is 0 Å². The SMILES string of the molecule is CN(CCCCCO)C(=O)c1cc(S)ccc1Cl. The van der Waals surface area contributed by atoms with Crippen LogP contribution in [0.15, 0.2) is 23.1 Å². The van der Waals surface area contributed by atoms with Gasteiger partial charge < -0.3 is 10.0 Å². The molecule has 0 aliphatic rings. The fourth-order valence-corrected chi connectivity index (χ4v) is 2.02. The topological polar surface area (TPSA) is 40.5 Å². The lowest BCUT2D eigenvalue weighted by molar-refractivity contribution is 0.0792. The van der Waals surface area contributed by atoms with Crippen molar-refractivity contribution < 1.29 is 9.90 Å². The predicted octanol–water partition coefficient (Wildman–Crippen LogP) is 2.86. The number of nitrogens with zero attached hydrogens (tertiary/aromatic N) is 1. The van der Waals surface area contributed by atoms with Crippen LogP contribution in [0.2, 0.25) is 5.02 Å². The highest BCUT2D eigenvalue weighted by molar-refractivity contribution is 7.80. The first-order valence-electron chi connectivity index (χ1n) is 5.91. The molecule has 1 rings (SSSR count). The molecule has 0 heterocycles. The molecule has 3 nitrogen and oxygen atoms in total. The zero-order chi connectivity index (χ0) is 13.5. The van der Waals surface area contributed by atoms with Gasteiger partial charge in [-0.1, -0.05) is 11.6 Å². The van der Waals surface area contributed by atoms with Gasteiger partial charge in [-0.25, -0.2) is 0 Å². The predicted molar refractivity (Wildman–Crippen MR) is 76.6 cm³/mol. The van der Waals surface area contributed by atoms with Crippen LogP contribution in [0.3, 0.4) is 0 Å². The van der Waals surface area contributed by atoms with Crippen molar-refractivity contribution in [3.63, 3.8) is 0 Å². The Morgan fingerprint density at radius 2 is 2.11 bits per heavy atom. The number of thiol groups is 1. The summed E-state index contributed by atoms with van der Waals surface area (Å²) in [6.45, 7) is 0.858. The molecule has 0 aliphatic carbocycles. The van der Waals surface area contributed by atoms with Gasteiger partial charge in [0.1, 0.15) is 0 Å². The molecule has 18 heavy (non-hydrogen) atoms. The van der Waals surface area contributed by atoms with E-state index in [0.717, 1.165) is 24.2 Å². The molecule has 0 atom stereocenters. The van der Waals surface area contributed by atoms with Crippen LogP contribution in [0.5, 0.6) is 0 Å². The van der Waals surface area contributed by atoms with Gasteiger partial charge in [0.2, 0.25) is 0 Å². The van der Waals surface area contributed by atoms with E-state index in [2.05, 4.69) is 12.6 Å². The van der Waals surface area contributed by atoms with Crippen molar-refractivity contribution in [1.82, 2.24) is 4.90 Å². The second-order valence-electron chi connectivity index (χ2n) is 4.18. The molecule has 1 aromatic rings.